The Balaban J connectivity index is 1.30. The molecule has 0 aromatic heterocycles. The third-order valence-corrected chi connectivity index (χ3v) is 7.76. The molecule has 2 aliphatic heterocycles. The lowest BCUT2D eigenvalue weighted by Crippen LogP contribution is -2.43. The zero-order valence-corrected chi connectivity index (χ0v) is 21.7. The second-order valence-electron chi connectivity index (χ2n) is 10.5. The summed E-state index contributed by atoms with van der Waals surface area (Å²) in [5.41, 5.74) is 1.34. The average molecular weight is 493 g/mol. The Kier molecular flexibility index (Phi) is 9.54. The zero-order valence-electron chi connectivity index (χ0n) is 21.7. The summed E-state index contributed by atoms with van der Waals surface area (Å²) in [6.45, 7) is 9.30. The Labute approximate surface area is 215 Å². The van der Waals surface area contributed by atoms with Crippen molar-refractivity contribution in [3.05, 3.63) is 59.7 Å². The van der Waals surface area contributed by atoms with Gasteiger partial charge >= 0.3 is 0 Å². The first-order valence-electron chi connectivity index (χ1n) is 13.4. The molecule has 0 aliphatic carbocycles. The van der Waals surface area contributed by atoms with Crippen LogP contribution in [0.25, 0.3) is 0 Å². The van der Waals surface area contributed by atoms with Gasteiger partial charge in [-0.2, -0.15) is 0 Å². The molecule has 6 nitrogen and oxygen atoms in total. The molecule has 2 aliphatic rings. The van der Waals surface area contributed by atoms with Crippen LogP contribution in [0.2, 0.25) is 0 Å². The van der Waals surface area contributed by atoms with Crippen LogP contribution in [0.1, 0.15) is 66.7 Å². The first kappa shape index (κ1) is 26.4. The van der Waals surface area contributed by atoms with Crippen LogP contribution in [-0.2, 0) is 0 Å². The molecule has 6 heteroatoms. The van der Waals surface area contributed by atoms with Crippen LogP contribution >= 0.6 is 0 Å². The number of nitrogens with zero attached hydrogens (tertiary/aromatic N) is 2. The largest absolute Gasteiger partial charge is 0.492 e. The Bertz CT molecular complexity index is 962. The van der Waals surface area contributed by atoms with Gasteiger partial charge in [0, 0.05) is 35.8 Å². The maximum Gasteiger partial charge on any atom is 0.150 e. The van der Waals surface area contributed by atoms with E-state index in [4.69, 9.17) is 9.47 Å². The average Bonchev–Trinajstić information content (AvgIpc) is 3.57. The second kappa shape index (κ2) is 13.0. The fourth-order valence-corrected chi connectivity index (χ4v) is 5.60. The van der Waals surface area contributed by atoms with Crippen LogP contribution in [0.3, 0.4) is 0 Å². The smallest absolute Gasteiger partial charge is 0.150 e. The Morgan fingerprint density at radius 3 is 2.06 bits per heavy atom. The predicted octanol–water partition coefficient (Wildman–Crippen LogP) is 5.11. The molecule has 194 valence electrons. The summed E-state index contributed by atoms with van der Waals surface area (Å²) in [6.07, 6.45) is 7.70. The van der Waals surface area contributed by atoms with Crippen molar-refractivity contribution in [2.24, 2.45) is 5.92 Å². The summed E-state index contributed by atoms with van der Waals surface area (Å²) in [6, 6.07) is 16.0. The quantitative estimate of drug-likeness (QED) is 0.362. The molecule has 2 heterocycles. The van der Waals surface area contributed by atoms with Crippen LogP contribution in [0, 0.1) is 5.92 Å². The predicted molar refractivity (Wildman–Crippen MR) is 142 cm³/mol. The van der Waals surface area contributed by atoms with E-state index in [1.165, 1.54) is 19.3 Å². The van der Waals surface area contributed by atoms with Gasteiger partial charge < -0.3 is 9.47 Å². The molecule has 2 saturated heterocycles. The molecule has 0 saturated carbocycles. The first-order valence-corrected chi connectivity index (χ1v) is 13.4. The minimum Gasteiger partial charge on any atom is -0.492 e. The molecule has 2 aromatic rings. The van der Waals surface area contributed by atoms with Crippen molar-refractivity contribution in [1.29, 1.82) is 0 Å². The van der Waals surface area contributed by atoms with Crippen LogP contribution in [-0.4, -0.2) is 73.3 Å². The van der Waals surface area contributed by atoms with Crippen molar-refractivity contribution in [3.8, 4) is 11.5 Å². The number of carbonyl (C=O) groups excluding carboxylic acids is 2. The van der Waals surface area contributed by atoms with Gasteiger partial charge in [0.15, 0.2) is 0 Å². The van der Waals surface area contributed by atoms with E-state index in [1.54, 1.807) is 12.1 Å². The number of rotatable bonds is 13. The number of ether oxygens (including phenoxy) is 2. The summed E-state index contributed by atoms with van der Waals surface area (Å²) in [5.74, 6) is 2.37. The fourth-order valence-electron chi connectivity index (χ4n) is 5.60. The zero-order chi connectivity index (χ0) is 25.3. The summed E-state index contributed by atoms with van der Waals surface area (Å²) < 4.78 is 12.2. The molecule has 0 radical (unpaired) electrons. The highest BCUT2D eigenvalue weighted by molar-refractivity contribution is 5.75. The van der Waals surface area contributed by atoms with Crippen molar-refractivity contribution in [2.75, 3.05) is 32.8 Å². The second-order valence-corrected chi connectivity index (χ2v) is 10.5. The molecular weight excluding hydrogens is 452 g/mol. The van der Waals surface area contributed by atoms with Gasteiger partial charge in [-0.05, 0) is 107 Å². The van der Waals surface area contributed by atoms with Gasteiger partial charge in [-0.15, -0.1) is 0 Å². The van der Waals surface area contributed by atoms with E-state index in [0.717, 1.165) is 62.5 Å². The van der Waals surface area contributed by atoms with Crippen molar-refractivity contribution in [1.82, 2.24) is 9.80 Å². The van der Waals surface area contributed by atoms with Gasteiger partial charge in [0.05, 0.1) is 0 Å². The number of benzene rings is 2. The van der Waals surface area contributed by atoms with E-state index in [1.807, 2.05) is 36.4 Å². The number of likely N-dealkylation sites (tertiary alicyclic amines) is 2. The SMILES string of the molecule is CC1CCN(C(CCC2CCCN2C(C)COc2ccc(C=O)cc2)COc2ccc(C=O)cc2)C1. The lowest BCUT2D eigenvalue weighted by molar-refractivity contribution is 0.108. The first-order chi connectivity index (χ1) is 17.6. The van der Waals surface area contributed by atoms with Crippen LogP contribution < -0.4 is 9.47 Å². The molecule has 0 bridgehead atoms. The van der Waals surface area contributed by atoms with Crippen LogP contribution in [0.15, 0.2) is 48.5 Å². The van der Waals surface area contributed by atoms with E-state index < -0.39 is 0 Å². The Morgan fingerprint density at radius 1 is 0.889 bits per heavy atom. The van der Waals surface area contributed by atoms with Gasteiger partial charge in [0.2, 0.25) is 0 Å². The lowest BCUT2D eigenvalue weighted by Gasteiger charge is -2.33. The third-order valence-electron chi connectivity index (χ3n) is 7.76. The molecule has 36 heavy (non-hydrogen) atoms. The molecule has 4 atom stereocenters. The van der Waals surface area contributed by atoms with E-state index in [9.17, 15) is 9.59 Å². The minimum absolute atomic E-state index is 0.334. The van der Waals surface area contributed by atoms with Crippen molar-refractivity contribution in [3.63, 3.8) is 0 Å². The van der Waals surface area contributed by atoms with Gasteiger partial charge in [0.1, 0.15) is 37.3 Å². The van der Waals surface area contributed by atoms with Crippen LogP contribution in [0.5, 0.6) is 11.5 Å². The maximum atomic E-state index is 10.9. The molecule has 2 aromatic carbocycles. The van der Waals surface area contributed by atoms with Crippen molar-refractivity contribution in [2.45, 2.75) is 64.1 Å². The third kappa shape index (κ3) is 7.17. The van der Waals surface area contributed by atoms with Crippen molar-refractivity contribution >= 4 is 12.6 Å². The molecule has 4 rings (SSSR count). The molecule has 0 spiro atoms. The summed E-state index contributed by atoms with van der Waals surface area (Å²) in [4.78, 5) is 27.0. The lowest BCUT2D eigenvalue weighted by atomic mass is 10.0. The topological polar surface area (TPSA) is 59.1 Å². The number of aldehydes is 2. The van der Waals surface area contributed by atoms with Crippen LogP contribution in [0.4, 0.5) is 0 Å². The van der Waals surface area contributed by atoms with Crippen molar-refractivity contribution < 1.29 is 19.1 Å². The molecular formula is C30H40N2O4. The Hall–Kier alpha value is -2.70. The number of carbonyl (C=O) groups is 2. The van der Waals surface area contributed by atoms with E-state index in [0.29, 0.717) is 42.5 Å². The normalized spacial score (nSPS) is 22.3. The Morgan fingerprint density at radius 2 is 1.50 bits per heavy atom. The summed E-state index contributed by atoms with van der Waals surface area (Å²) >= 11 is 0. The highest BCUT2D eigenvalue weighted by Gasteiger charge is 2.32. The number of hydrogen-bond acceptors (Lipinski definition) is 6. The van der Waals surface area contributed by atoms with Gasteiger partial charge in [-0.3, -0.25) is 19.4 Å². The van der Waals surface area contributed by atoms with E-state index >= 15 is 0 Å². The highest BCUT2D eigenvalue weighted by Crippen LogP contribution is 2.28. The summed E-state index contributed by atoms with van der Waals surface area (Å²) in [5, 5.41) is 0. The number of hydrogen-bond donors (Lipinski definition) is 0. The monoisotopic (exact) mass is 492 g/mol. The molecule has 2 fully saturated rings. The molecule has 0 amide bonds. The van der Waals surface area contributed by atoms with Gasteiger partial charge in [-0.1, -0.05) is 6.92 Å². The van der Waals surface area contributed by atoms with Gasteiger partial charge in [-0.25, -0.2) is 0 Å². The van der Waals surface area contributed by atoms with Gasteiger partial charge in [0.25, 0.3) is 0 Å². The highest BCUT2D eigenvalue weighted by atomic mass is 16.5. The minimum atomic E-state index is 0.334. The fraction of sp³-hybridized carbons (Fsp3) is 0.533. The molecule has 0 N–H and O–H groups in total. The van der Waals surface area contributed by atoms with E-state index in [2.05, 4.69) is 23.6 Å². The maximum absolute atomic E-state index is 10.9. The molecule has 4 unspecified atom stereocenters. The summed E-state index contributed by atoms with van der Waals surface area (Å²) in [7, 11) is 0. The standard InChI is InChI=1S/C30H40N2O4/c1-23-15-17-31(18-23)28(22-36-30-13-7-26(20-34)8-14-30)10-9-27-4-3-16-32(27)24(2)21-35-29-11-5-25(19-33)6-12-29/h5-8,11-14,19-20,23-24,27-28H,3-4,9-10,15-18,21-22H2,1-2H3. The van der Waals surface area contributed by atoms with E-state index in [-0.39, 0.29) is 0 Å².